The van der Waals surface area contributed by atoms with Gasteiger partial charge in [0.15, 0.2) is 5.65 Å². The topological polar surface area (TPSA) is 42.2 Å². The lowest BCUT2D eigenvalue weighted by Crippen LogP contribution is -2.01. The van der Waals surface area contributed by atoms with Gasteiger partial charge in [0.05, 0.1) is 11.1 Å². The normalized spacial score (nSPS) is 10.7. The van der Waals surface area contributed by atoms with E-state index in [0.29, 0.717) is 0 Å². The van der Waals surface area contributed by atoms with Crippen LogP contribution in [0.1, 0.15) is 12.5 Å². The quantitative estimate of drug-likeness (QED) is 0.489. The molecule has 4 nitrogen and oxygen atoms in total. The summed E-state index contributed by atoms with van der Waals surface area (Å²) in [5.41, 5.74) is 5.42. The van der Waals surface area contributed by atoms with Gasteiger partial charge in [-0.2, -0.15) is 0 Å². The third-order valence-corrected chi connectivity index (χ3v) is 4.84. The lowest BCUT2D eigenvalue weighted by atomic mass is 10.2. The summed E-state index contributed by atoms with van der Waals surface area (Å²) in [4.78, 5) is 9.75. The van der Waals surface area contributed by atoms with Crippen LogP contribution in [-0.4, -0.2) is 20.9 Å². The Bertz CT molecular complexity index is 1070. The molecule has 122 valence electrons. The Morgan fingerprint density at radius 2 is 2.12 bits per heavy atom. The van der Waals surface area contributed by atoms with Gasteiger partial charge in [0.2, 0.25) is 0 Å². The van der Waals surface area contributed by atoms with Crippen molar-refractivity contribution in [3.8, 4) is 34.0 Å². The number of rotatable bonds is 3. The smallest absolute Gasteiger partial charge is 0.157 e. The van der Waals surface area contributed by atoms with Crippen LogP contribution in [0.15, 0.2) is 54.3 Å². The molecule has 2 aliphatic carbocycles. The molecule has 0 saturated heterocycles. The molecule has 0 amide bonds. The van der Waals surface area contributed by atoms with Crippen LogP contribution < -0.4 is 5.32 Å². The van der Waals surface area contributed by atoms with Crippen molar-refractivity contribution in [3.05, 3.63) is 59.9 Å². The van der Waals surface area contributed by atoms with E-state index in [1.54, 1.807) is 23.7 Å². The largest absolute Gasteiger partial charge is 0.370 e. The van der Waals surface area contributed by atoms with Gasteiger partial charge in [0.25, 0.3) is 0 Å². The molecule has 25 heavy (non-hydrogen) atoms. The van der Waals surface area contributed by atoms with Crippen molar-refractivity contribution in [2.75, 3.05) is 11.9 Å². The van der Waals surface area contributed by atoms with Crippen molar-refractivity contribution < 1.29 is 0 Å². The van der Waals surface area contributed by atoms with Gasteiger partial charge in [-0.1, -0.05) is 24.1 Å². The zero-order chi connectivity index (χ0) is 17.2. The van der Waals surface area contributed by atoms with Gasteiger partial charge in [0, 0.05) is 24.5 Å². The molecule has 1 N–H and O–H groups in total. The van der Waals surface area contributed by atoms with E-state index in [1.807, 2.05) is 22.0 Å². The van der Waals surface area contributed by atoms with Gasteiger partial charge >= 0.3 is 0 Å². The number of terminal acetylenes is 1. The second kappa shape index (κ2) is 6.42. The van der Waals surface area contributed by atoms with Gasteiger partial charge in [-0.25, -0.2) is 4.98 Å². The average molecular weight is 344 g/mol. The molecule has 5 rings (SSSR count). The number of thiophene rings is 1. The van der Waals surface area contributed by atoms with Crippen LogP contribution in [0, 0.1) is 12.3 Å². The van der Waals surface area contributed by atoms with Crippen molar-refractivity contribution >= 4 is 22.8 Å². The molecule has 0 aliphatic heterocycles. The van der Waals surface area contributed by atoms with E-state index < -0.39 is 0 Å². The molecule has 0 unspecified atom stereocenters. The van der Waals surface area contributed by atoms with E-state index in [2.05, 4.69) is 52.4 Å². The minimum absolute atomic E-state index is 0.810. The highest BCUT2D eigenvalue weighted by molar-refractivity contribution is 7.13. The Labute approximate surface area is 150 Å². The molecule has 0 aromatic carbocycles. The molecule has 3 aromatic heterocycles. The van der Waals surface area contributed by atoms with Crippen LogP contribution in [0.5, 0.6) is 0 Å². The Kier molecular flexibility index (Phi) is 3.96. The molecule has 0 radical (unpaired) electrons. The van der Waals surface area contributed by atoms with E-state index in [9.17, 15) is 0 Å². The van der Waals surface area contributed by atoms with Crippen LogP contribution in [0.4, 0.5) is 5.82 Å². The van der Waals surface area contributed by atoms with Crippen molar-refractivity contribution in [3.63, 3.8) is 0 Å². The van der Waals surface area contributed by atoms with Gasteiger partial charge in [-0.3, -0.25) is 9.38 Å². The van der Waals surface area contributed by atoms with Crippen LogP contribution in [-0.2, 0) is 0 Å². The first-order valence-corrected chi connectivity index (χ1v) is 8.90. The van der Waals surface area contributed by atoms with E-state index in [-0.39, 0.29) is 0 Å². The zero-order valence-corrected chi connectivity index (χ0v) is 14.5. The highest BCUT2D eigenvalue weighted by Crippen LogP contribution is 2.34. The van der Waals surface area contributed by atoms with E-state index >= 15 is 0 Å². The number of fused-ring (bicyclic) bond motifs is 2. The van der Waals surface area contributed by atoms with Crippen LogP contribution in [0.3, 0.4) is 0 Å². The molecule has 0 bridgehead atoms. The Balaban J connectivity index is 0.000000217. The summed E-state index contributed by atoms with van der Waals surface area (Å²) in [6.45, 7) is 2.88. The standard InChI is InChI=1S/C14H12N4S.C6H4/c1-3-10-5-8-19-13(10)12-14(16-4-2)18-7-6-15-9-11(18)17-12;1-2-5-4-6(5)3-1/h1,5-9,16H,4H2,2H3;1-4H. The summed E-state index contributed by atoms with van der Waals surface area (Å²) in [6, 6.07) is 10.4. The first-order valence-electron chi connectivity index (χ1n) is 8.02. The lowest BCUT2D eigenvalue weighted by Gasteiger charge is -2.05. The minimum atomic E-state index is 0.810. The van der Waals surface area contributed by atoms with Gasteiger partial charge in [0.1, 0.15) is 11.5 Å². The predicted molar refractivity (Wildman–Crippen MR) is 104 cm³/mol. The number of benzene rings is 1. The molecular weight excluding hydrogens is 328 g/mol. The highest BCUT2D eigenvalue weighted by atomic mass is 32.1. The SMILES string of the molecule is C#Cc1ccsc1-c1nc2cnccn2c1NCC.c1cc2cc-2c1. The Morgan fingerprint density at radius 1 is 1.28 bits per heavy atom. The predicted octanol–water partition coefficient (Wildman–Crippen LogP) is 4.54. The summed E-state index contributed by atoms with van der Waals surface area (Å²) < 4.78 is 1.99. The molecular formula is C20H16N4S. The van der Waals surface area contributed by atoms with Crippen LogP contribution in [0.25, 0.3) is 27.3 Å². The molecule has 2 aliphatic rings. The molecule has 0 fully saturated rings. The van der Waals surface area contributed by atoms with E-state index in [1.165, 1.54) is 11.1 Å². The zero-order valence-electron chi connectivity index (χ0n) is 13.7. The number of nitrogens with zero attached hydrogens (tertiary/aromatic N) is 3. The van der Waals surface area contributed by atoms with Crippen molar-refractivity contribution in [2.24, 2.45) is 0 Å². The summed E-state index contributed by atoms with van der Waals surface area (Å²) in [6.07, 6.45) is 10.9. The molecule has 0 saturated carbocycles. The van der Waals surface area contributed by atoms with Gasteiger partial charge in [-0.05, 0) is 35.6 Å². The molecule has 0 atom stereocenters. The molecule has 3 heterocycles. The third-order valence-electron chi connectivity index (χ3n) is 3.92. The van der Waals surface area contributed by atoms with Crippen LogP contribution >= 0.6 is 11.3 Å². The van der Waals surface area contributed by atoms with Gasteiger partial charge in [-0.15, -0.1) is 17.8 Å². The maximum absolute atomic E-state index is 5.54. The molecule has 5 heteroatoms. The average Bonchev–Trinajstić information content (AvgIpc) is 3.03. The fourth-order valence-corrected chi connectivity index (χ4v) is 3.53. The summed E-state index contributed by atoms with van der Waals surface area (Å²) in [5, 5.41) is 5.34. The Hall–Kier alpha value is -3.10. The van der Waals surface area contributed by atoms with E-state index in [4.69, 9.17) is 6.42 Å². The third kappa shape index (κ3) is 2.88. The first kappa shape index (κ1) is 15.4. The second-order valence-corrected chi connectivity index (χ2v) is 6.45. The number of hydrogen-bond donors (Lipinski definition) is 1. The van der Waals surface area contributed by atoms with Crippen LogP contribution in [0.2, 0.25) is 0 Å². The summed E-state index contributed by atoms with van der Waals surface area (Å²) in [7, 11) is 0. The number of hydrogen-bond acceptors (Lipinski definition) is 4. The lowest BCUT2D eigenvalue weighted by molar-refractivity contribution is 1.09. The summed E-state index contributed by atoms with van der Waals surface area (Å²) in [5.74, 6) is 3.66. The van der Waals surface area contributed by atoms with Crippen molar-refractivity contribution in [1.29, 1.82) is 0 Å². The monoisotopic (exact) mass is 344 g/mol. The van der Waals surface area contributed by atoms with Crippen molar-refractivity contribution in [1.82, 2.24) is 14.4 Å². The number of nitrogens with one attached hydrogen (secondary N) is 1. The molecule has 3 aromatic rings. The molecule has 0 spiro atoms. The summed E-state index contributed by atoms with van der Waals surface area (Å²) >= 11 is 1.60. The van der Waals surface area contributed by atoms with E-state index in [0.717, 1.165) is 34.1 Å². The number of aromatic nitrogens is 3. The van der Waals surface area contributed by atoms with Crippen molar-refractivity contribution in [2.45, 2.75) is 6.92 Å². The maximum Gasteiger partial charge on any atom is 0.157 e. The number of anilines is 1. The Morgan fingerprint density at radius 3 is 2.76 bits per heavy atom. The highest BCUT2D eigenvalue weighted by Gasteiger charge is 2.16. The minimum Gasteiger partial charge on any atom is -0.370 e. The number of imidazole rings is 1. The fourth-order valence-electron chi connectivity index (χ4n) is 2.68. The van der Waals surface area contributed by atoms with Gasteiger partial charge < -0.3 is 5.32 Å². The second-order valence-electron chi connectivity index (χ2n) is 5.53. The fraction of sp³-hybridized carbons (Fsp3) is 0.100. The first-order chi connectivity index (χ1) is 12.3. The maximum atomic E-state index is 5.54.